The largest absolute Gasteiger partial charge is 0.309 e. The lowest BCUT2D eigenvalue weighted by molar-refractivity contribution is 0.0893. The van der Waals surface area contributed by atoms with Gasteiger partial charge in [0.15, 0.2) is 5.78 Å². The Labute approximate surface area is 137 Å². The third kappa shape index (κ3) is 4.46. The molecule has 0 N–H and O–H groups in total. The summed E-state index contributed by atoms with van der Waals surface area (Å²) in [5.74, 6) is 0.216. The van der Waals surface area contributed by atoms with Gasteiger partial charge in [0.1, 0.15) is 0 Å². The van der Waals surface area contributed by atoms with Crippen LogP contribution in [-0.2, 0) is 6.42 Å². The molecular formula is C19H23NOS. The molecule has 0 aliphatic carbocycles. The summed E-state index contributed by atoms with van der Waals surface area (Å²) in [7, 11) is 4.04. The summed E-state index contributed by atoms with van der Waals surface area (Å²) in [6, 6.07) is 18.2. The maximum atomic E-state index is 13.0. The van der Waals surface area contributed by atoms with Gasteiger partial charge < -0.3 is 4.90 Å². The third-order valence-electron chi connectivity index (χ3n) is 3.65. The average molecular weight is 313 g/mol. The van der Waals surface area contributed by atoms with Crippen LogP contribution in [0.4, 0.5) is 0 Å². The molecule has 0 spiro atoms. The number of rotatable bonds is 7. The molecule has 0 heterocycles. The summed E-state index contributed by atoms with van der Waals surface area (Å²) in [5.41, 5.74) is 2.06. The summed E-state index contributed by atoms with van der Waals surface area (Å²) in [5, 5.41) is 0. The van der Waals surface area contributed by atoms with Crippen LogP contribution in [0.2, 0.25) is 0 Å². The molecule has 2 rings (SSSR count). The minimum atomic E-state index is -0.0225. The van der Waals surface area contributed by atoms with Gasteiger partial charge in [-0.05, 0) is 38.4 Å². The van der Waals surface area contributed by atoms with Crippen LogP contribution in [-0.4, -0.2) is 37.6 Å². The summed E-state index contributed by atoms with van der Waals surface area (Å²) in [4.78, 5) is 16.2. The highest BCUT2D eigenvalue weighted by Crippen LogP contribution is 2.24. The third-order valence-corrected chi connectivity index (χ3v) is 4.45. The number of carbonyl (C=O) groups is 1. The molecule has 116 valence electrons. The van der Waals surface area contributed by atoms with Crippen LogP contribution in [0.25, 0.3) is 0 Å². The van der Waals surface area contributed by atoms with Crippen LogP contribution in [0.1, 0.15) is 15.9 Å². The van der Waals surface area contributed by atoms with E-state index in [1.54, 1.807) is 11.8 Å². The number of hydrogen-bond donors (Lipinski definition) is 0. The van der Waals surface area contributed by atoms with Crippen LogP contribution in [0.3, 0.4) is 0 Å². The van der Waals surface area contributed by atoms with Gasteiger partial charge in [0.05, 0.1) is 0 Å². The van der Waals surface area contributed by atoms with E-state index in [0.717, 1.165) is 23.4 Å². The van der Waals surface area contributed by atoms with Crippen LogP contribution < -0.4 is 0 Å². The minimum Gasteiger partial charge on any atom is -0.309 e. The molecule has 0 saturated carbocycles. The lowest BCUT2D eigenvalue weighted by atomic mass is 9.91. The van der Waals surface area contributed by atoms with Gasteiger partial charge in [-0.2, -0.15) is 0 Å². The molecule has 0 amide bonds. The Morgan fingerprint density at radius 1 is 1.05 bits per heavy atom. The monoisotopic (exact) mass is 313 g/mol. The van der Waals surface area contributed by atoms with Crippen LogP contribution in [0.15, 0.2) is 59.5 Å². The first-order valence-electron chi connectivity index (χ1n) is 7.47. The molecule has 1 atom stereocenters. The van der Waals surface area contributed by atoms with E-state index in [9.17, 15) is 4.79 Å². The Bertz CT molecular complexity index is 610. The molecule has 0 saturated heterocycles. The van der Waals surface area contributed by atoms with Crippen molar-refractivity contribution >= 4 is 17.5 Å². The highest BCUT2D eigenvalue weighted by Gasteiger charge is 2.23. The number of nitrogens with zero attached hydrogens (tertiary/aromatic N) is 1. The van der Waals surface area contributed by atoms with Crippen LogP contribution >= 0.6 is 11.8 Å². The predicted molar refractivity (Wildman–Crippen MR) is 94.7 cm³/mol. The fourth-order valence-electron chi connectivity index (χ4n) is 2.65. The second kappa shape index (κ2) is 8.16. The number of Topliss-reactive ketones (excluding diaryl/α,β-unsaturated/α-hetero) is 1. The average Bonchev–Trinajstić information content (AvgIpc) is 2.54. The molecule has 2 aromatic carbocycles. The van der Waals surface area contributed by atoms with Crippen molar-refractivity contribution in [2.75, 3.05) is 26.9 Å². The summed E-state index contributed by atoms with van der Waals surface area (Å²) >= 11 is 1.63. The topological polar surface area (TPSA) is 20.3 Å². The first-order chi connectivity index (χ1) is 10.6. The highest BCUT2D eigenvalue weighted by atomic mass is 32.2. The zero-order chi connectivity index (χ0) is 15.9. The summed E-state index contributed by atoms with van der Waals surface area (Å²) in [6.45, 7) is 0.760. The summed E-state index contributed by atoms with van der Waals surface area (Å²) < 4.78 is 0. The Hall–Kier alpha value is -1.58. The Kier molecular flexibility index (Phi) is 6.22. The fraction of sp³-hybridized carbons (Fsp3) is 0.316. The van der Waals surface area contributed by atoms with Gasteiger partial charge in [-0.25, -0.2) is 0 Å². The van der Waals surface area contributed by atoms with Crippen LogP contribution in [0.5, 0.6) is 0 Å². The molecule has 0 aliphatic rings. The van der Waals surface area contributed by atoms with Gasteiger partial charge in [0, 0.05) is 22.9 Å². The molecule has 1 unspecified atom stereocenters. The molecule has 0 aromatic heterocycles. The maximum absolute atomic E-state index is 13.0. The van der Waals surface area contributed by atoms with Gasteiger partial charge in [-0.15, -0.1) is 11.8 Å². The van der Waals surface area contributed by atoms with Gasteiger partial charge in [0.2, 0.25) is 0 Å². The van der Waals surface area contributed by atoms with Gasteiger partial charge in [-0.1, -0.05) is 48.5 Å². The maximum Gasteiger partial charge on any atom is 0.168 e. The zero-order valence-corrected chi connectivity index (χ0v) is 14.3. The molecule has 0 bridgehead atoms. The highest BCUT2D eigenvalue weighted by molar-refractivity contribution is 7.98. The van der Waals surface area contributed by atoms with E-state index in [1.807, 2.05) is 62.8 Å². The Morgan fingerprint density at radius 2 is 1.68 bits per heavy atom. The molecule has 22 heavy (non-hydrogen) atoms. The van der Waals surface area contributed by atoms with E-state index in [1.165, 1.54) is 5.56 Å². The van der Waals surface area contributed by atoms with Crippen molar-refractivity contribution in [1.29, 1.82) is 0 Å². The molecule has 2 nitrogen and oxygen atoms in total. The van der Waals surface area contributed by atoms with Gasteiger partial charge >= 0.3 is 0 Å². The first-order valence-corrected chi connectivity index (χ1v) is 8.70. The van der Waals surface area contributed by atoms with Gasteiger partial charge in [-0.3, -0.25) is 4.79 Å². The zero-order valence-electron chi connectivity index (χ0n) is 13.5. The lowest BCUT2D eigenvalue weighted by Crippen LogP contribution is -2.30. The van der Waals surface area contributed by atoms with Crippen molar-refractivity contribution in [1.82, 2.24) is 4.90 Å². The van der Waals surface area contributed by atoms with Crippen molar-refractivity contribution in [2.24, 2.45) is 5.92 Å². The second-order valence-electron chi connectivity index (χ2n) is 5.71. The van der Waals surface area contributed by atoms with E-state index in [2.05, 4.69) is 17.0 Å². The van der Waals surface area contributed by atoms with E-state index in [4.69, 9.17) is 0 Å². The van der Waals surface area contributed by atoms with Crippen molar-refractivity contribution in [3.05, 3.63) is 65.7 Å². The molecule has 0 aliphatic heterocycles. The van der Waals surface area contributed by atoms with E-state index in [0.29, 0.717) is 0 Å². The smallest absolute Gasteiger partial charge is 0.168 e. The number of carbonyl (C=O) groups excluding carboxylic acids is 1. The molecule has 2 aromatic rings. The molecule has 0 radical (unpaired) electrons. The lowest BCUT2D eigenvalue weighted by Gasteiger charge is -2.21. The predicted octanol–water partition coefficient (Wildman–Crippen LogP) is 4.01. The molecular weight excluding hydrogens is 290 g/mol. The van der Waals surface area contributed by atoms with E-state index < -0.39 is 0 Å². The van der Waals surface area contributed by atoms with Gasteiger partial charge in [0.25, 0.3) is 0 Å². The van der Waals surface area contributed by atoms with Crippen LogP contribution in [0, 0.1) is 5.92 Å². The van der Waals surface area contributed by atoms with Crippen molar-refractivity contribution in [3.63, 3.8) is 0 Å². The van der Waals surface area contributed by atoms with E-state index in [-0.39, 0.29) is 11.7 Å². The summed E-state index contributed by atoms with van der Waals surface area (Å²) in [6.07, 6.45) is 2.80. The SMILES string of the molecule is CSc1ccccc1C(=O)C(Cc1ccccc1)CN(C)C. The molecule has 3 heteroatoms. The first kappa shape index (κ1) is 16.8. The normalized spacial score (nSPS) is 12.4. The number of ketones is 1. The minimum absolute atomic E-state index is 0.0225. The number of hydrogen-bond acceptors (Lipinski definition) is 3. The fourth-order valence-corrected chi connectivity index (χ4v) is 3.25. The molecule has 0 fully saturated rings. The van der Waals surface area contributed by atoms with Crippen molar-refractivity contribution in [2.45, 2.75) is 11.3 Å². The van der Waals surface area contributed by atoms with E-state index >= 15 is 0 Å². The quantitative estimate of drug-likeness (QED) is 0.569. The Balaban J connectivity index is 2.26. The standard InChI is InChI=1S/C19H23NOS/c1-20(2)14-16(13-15-9-5-4-6-10-15)19(21)17-11-7-8-12-18(17)22-3/h4-12,16H,13-14H2,1-3H3. The Morgan fingerprint density at radius 3 is 2.32 bits per heavy atom. The second-order valence-corrected chi connectivity index (χ2v) is 6.56. The van der Waals surface area contributed by atoms with Crippen molar-refractivity contribution in [3.8, 4) is 0 Å². The number of thioether (sulfide) groups is 1. The van der Waals surface area contributed by atoms with Crippen molar-refractivity contribution < 1.29 is 4.79 Å². The number of benzene rings is 2.